The van der Waals surface area contributed by atoms with Crippen LogP contribution in [0.25, 0.3) is 41.6 Å². The summed E-state index contributed by atoms with van der Waals surface area (Å²) in [6.07, 6.45) is -8.20. The molecule has 72 heavy (non-hydrogen) atoms. The van der Waals surface area contributed by atoms with E-state index >= 15 is 0 Å². The first-order chi connectivity index (χ1) is 33.7. The molecule has 0 unspecified atom stereocenters. The Balaban J connectivity index is 0.000000220. The molecule has 0 aliphatic carbocycles. The largest absolute Gasteiger partial charge is 0.493 e. The zero-order valence-electron chi connectivity index (χ0n) is 37.0. The van der Waals surface area contributed by atoms with Gasteiger partial charge in [0.05, 0.1) is 54.6 Å². The number of hydrogen-bond acceptors (Lipinski definition) is 13. The Morgan fingerprint density at radius 1 is 0.653 bits per heavy atom. The normalized spacial score (nSPS) is 11.1. The Bertz CT molecular complexity index is 3190. The van der Waals surface area contributed by atoms with Gasteiger partial charge in [-0.1, -0.05) is 45.5 Å². The highest BCUT2D eigenvalue weighted by molar-refractivity contribution is 7.22. The number of nitro benzene ring substituents is 2. The number of nitro groups is 2. The predicted octanol–water partition coefficient (Wildman–Crippen LogP) is 14.9. The number of hydrogen-bond donors (Lipinski definition) is 2. The molecular weight excluding hydrogens is 1010 g/mol. The summed E-state index contributed by atoms with van der Waals surface area (Å²) < 4.78 is 90.9. The minimum atomic E-state index is -4.99. The maximum absolute atomic E-state index is 13.3. The molecule has 0 bridgehead atoms. The number of anilines is 2. The van der Waals surface area contributed by atoms with Gasteiger partial charge in [-0.15, -0.1) is 22.7 Å². The Kier molecular flexibility index (Phi) is 18.4. The van der Waals surface area contributed by atoms with Gasteiger partial charge >= 0.3 is 12.4 Å². The lowest BCUT2D eigenvalue weighted by Gasteiger charge is -2.13. The Labute approximate surface area is 419 Å². The highest BCUT2D eigenvalue weighted by atomic mass is 35.5. The number of alkyl halides is 6. The summed E-state index contributed by atoms with van der Waals surface area (Å²) in [5.74, 6) is 0.425. The minimum absolute atomic E-state index is 0. The number of nitrogens with two attached hydrogens (primary N) is 1. The lowest BCUT2D eigenvalue weighted by atomic mass is 10.1. The summed E-state index contributed by atoms with van der Waals surface area (Å²) in [6, 6.07) is 30.4. The number of amides is 1. The van der Waals surface area contributed by atoms with Gasteiger partial charge in [-0.05, 0) is 97.2 Å². The number of nitrogen functional groups attached to an aromatic ring is 1. The second-order valence-electron chi connectivity index (χ2n) is 14.8. The number of ether oxygens (including phenoxy) is 2. The third-order valence-corrected chi connectivity index (χ3v) is 12.1. The number of halogens is 7. The Morgan fingerprint density at radius 3 is 1.54 bits per heavy atom. The third-order valence-electron chi connectivity index (χ3n) is 9.70. The summed E-state index contributed by atoms with van der Waals surface area (Å²) in [6.45, 7) is 5.12. The molecule has 0 saturated carbocycles. The van der Waals surface area contributed by atoms with Crippen molar-refractivity contribution < 1.29 is 55.3 Å². The number of carbonyl (C=O) groups excluding carboxylic acids is 2. The second-order valence-corrected chi connectivity index (χ2v) is 17.2. The minimum Gasteiger partial charge on any atom is -0.493 e. The van der Waals surface area contributed by atoms with Crippen molar-refractivity contribution in [3.8, 4) is 32.6 Å². The summed E-state index contributed by atoms with van der Waals surface area (Å²) in [5, 5.41) is 24.4. The highest BCUT2D eigenvalue weighted by Gasteiger charge is 2.40. The number of rotatable bonds is 13. The van der Waals surface area contributed by atoms with E-state index in [1.54, 1.807) is 29.5 Å². The van der Waals surface area contributed by atoms with Crippen LogP contribution in [-0.4, -0.2) is 44.2 Å². The predicted molar refractivity (Wildman–Crippen MR) is 267 cm³/mol. The van der Waals surface area contributed by atoms with Crippen LogP contribution in [0.5, 0.6) is 11.5 Å². The quantitative estimate of drug-likeness (QED) is 0.0366. The van der Waals surface area contributed by atoms with Crippen molar-refractivity contribution in [2.24, 2.45) is 0 Å². The average Bonchev–Trinajstić information content (AvgIpc) is 3.97. The Hall–Kier alpha value is -7.69. The molecule has 3 N–H and O–H groups in total. The standard InChI is InChI=1S/C24H18F3N3O4S.C16H16N2OS.C8H3ClF3NO3.CH4/c1-2-11-34-20-13-15(8-9-16(20)23-29-18-5-3-4-6-21(18)35-23)28-22(31)14-7-10-19(30(32)33)17(12-14)24(25,26)27;1-2-9-19-14-10-11(17)7-8-12(14)16-18-13-5-3-4-6-15(13)20-16;9-7(14)4-1-2-6(13(15)16)5(3-4)8(10,11)12;/h3-10,12-13H,2,11H2,1H3,(H,28,31);3-8,10H,2,9,17H2,1H3;1-3H;1H4. The molecule has 8 aromatic rings. The van der Waals surface area contributed by atoms with Crippen LogP contribution in [0.2, 0.25) is 0 Å². The SMILES string of the molecule is C.CCCOc1cc(N)ccc1-c1nc2ccccc2s1.CCCOc1cc(NC(=O)c2ccc([N+](=O)[O-])c(C(F)(F)F)c2)ccc1-c1nc2ccccc2s1.O=C(Cl)c1ccc([N+](=O)[O-])c(C(F)(F)F)c1. The van der Waals surface area contributed by atoms with Crippen LogP contribution in [0.3, 0.4) is 0 Å². The van der Waals surface area contributed by atoms with E-state index in [1.165, 1.54) is 16.0 Å². The van der Waals surface area contributed by atoms with Gasteiger partial charge in [0.1, 0.15) is 32.6 Å². The van der Waals surface area contributed by atoms with Gasteiger partial charge in [-0.25, -0.2) is 9.97 Å². The summed E-state index contributed by atoms with van der Waals surface area (Å²) in [4.78, 5) is 51.6. The van der Waals surface area contributed by atoms with Crippen LogP contribution in [0.1, 0.15) is 66.0 Å². The van der Waals surface area contributed by atoms with Crippen molar-refractivity contribution in [3.05, 3.63) is 164 Å². The lowest BCUT2D eigenvalue weighted by molar-refractivity contribution is -0.388. The van der Waals surface area contributed by atoms with Crippen LogP contribution < -0.4 is 20.5 Å². The molecule has 0 atom stereocenters. The van der Waals surface area contributed by atoms with Gasteiger partial charge in [0.25, 0.3) is 22.5 Å². The van der Waals surface area contributed by atoms with Gasteiger partial charge in [0, 0.05) is 46.8 Å². The van der Waals surface area contributed by atoms with E-state index in [0.29, 0.717) is 54.5 Å². The first-order valence-corrected chi connectivity index (χ1v) is 22.9. The number of nitrogens with zero attached hydrogens (tertiary/aromatic N) is 4. The fourth-order valence-corrected chi connectivity index (χ4v) is 8.55. The van der Waals surface area contributed by atoms with Crippen LogP contribution >= 0.6 is 34.3 Å². The van der Waals surface area contributed by atoms with Gasteiger partial charge in [-0.3, -0.25) is 29.8 Å². The molecule has 8 rings (SSSR count). The first kappa shape index (κ1) is 55.2. The lowest BCUT2D eigenvalue weighted by Crippen LogP contribution is -2.15. The molecule has 14 nitrogen and oxygen atoms in total. The van der Waals surface area contributed by atoms with Crippen molar-refractivity contribution >= 4 is 88.6 Å². The van der Waals surface area contributed by atoms with Crippen molar-refractivity contribution in [2.45, 2.75) is 46.5 Å². The molecule has 0 radical (unpaired) electrons. The monoisotopic (exact) mass is 1050 g/mol. The summed E-state index contributed by atoms with van der Waals surface area (Å²) in [7, 11) is 0. The smallest absolute Gasteiger partial charge is 0.423 e. The van der Waals surface area contributed by atoms with Crippen molar-refractivity contribution in [3.63, 3.8) is 0 Å². The fraction of sp³-hybridized carbons (Fsp3) is 0.184. The molecule has 0 fully saturated rings. The van der Waals surface area contributed by atoms with E-state index < -0.39 is 61.4 Å². The van der Waals surface area contributed by atoms with E-state index in [9.17, 15) is 56.2 Å². The molecule has 0 saturated heterocycles. The van der Waals surface area contributed by atoms with Crippen LogP contribution in [-0.2, 0) is 12.4 Å². The van der Waals surface area contributed by atoms with E-state index in [-0.39, 0.29) is 18.7 Å². The third kappa shape index (κ3) is 13.8. The highest BCUT2D eigenvalue weighted by Crippen LogP contribution is 2.41. The number of para-hydroxylation sites is 2. The van der Waals surface area contributed by atoms with Crippen LogP contribution in [0, 0.1) is 20.2 Å². The zero-order valence-corrected chi connectivity index (χ0v) is 39.4. The van der Waals surface area contributed by atoms with Gasteiger partial charge in [0.15, 0.2) is 0 Å². The Morgan fingerprint density at radius 2 is 1.10 bits per heavy atom. The van der Waals surface area contributed by atoms with Crippen molar-refractivity contribution in [2.75, 3.05) is 24.3 Å². The molecule has 2 aromatic heterocycles. The summed E-state index contributed by atoms with van der Waals surface area (Å²) in [5.41, 5.74) is 4.40. The molecular formula is C49H41ClF6N6O8S2. The second kappa shape index (κ2) is 23.9. The number of nitrogens with one attached hydrogen (secondary N) is 1. The number of benzene rings is 6. The van der Waals surface area contributed by atoms with E-state index in [0.717, 1.165) is 62.0 Å². The van der Waals surface area contributed by atoms with E-state index in [4.69, 9.17) is 26.8 Å². The number of aromatic nitrogens is 2. The molecule has 0 aliphatic rings. The van der Waals surface area contributed by atoms with E-state index in [2.05, 4.69) is 28.3 Å². The van der Waals surface area contributed by atoms with Crippen molar-refractivity contribution in [1.82, 2.24) is 9.97 Å². The number of carbonyl (C=O) groups is 2. The van der Waals surface area contributed by atoms with Gasteiger partial charge < -0.3 is 20.5 Å². The molecule has 0 aliphatic heterocycles. The average molecular weight is 1060 g/mol. The maximum Gasteiger partial charge on any atom is 0.423 e. The van der Waals surface area contributed by atoms with Crippen LogP contribution in [0.15, 0.2) is 121 Å². The number of thiazole rings is 2. The van der Waals surface area contributed by atoms with E-state index in [1.807, 2.05) is 67.6 Å². The number of fused-ring (bicyclic) bond motifs is 2. The van der Waals surface area contributed by atoms with Gasteiger partial charge in [-0.2, -0.15) is 26.3 Å². The molecule has 23 heteroatoms. The van der Waals surface area contributed by atoms with Gasteiger partial charge in [0.2, 0.25) is 0 Å². The zero-order chi connectivity index (χ0) is 51.6. The topological polar surface area (TPSA) is 203 Å². The molecule has 2 heterocycles. The first-order valence-electron chi connectivity index (χ1n) is 20.9. The van der Waals surface area contributed by atoms with Crippen molar-refractivity contribution in [1.29, 1.82) is 0 Å². The summed E-state index contributed by atoms with van der Waals surface area (Å²) >= 11 is 8.14. The maximum atomic E-state index is 13.3. The fourth-order valence-electron chi connectivity index (χ4n) is 6.44. The molecule has 6 aromatic carbocycles. The van der Waals surface area contributed by atoms with Crippen LogP contribution in [0.4, 0.5) is 49.1 Å². The molecule has 376 valence electrons. The molecule has 1 amide bonds. The molecule has 0 spiro atoms.